The van der Waals surface area contributed by atoms with E-state index in [0.29, 0.717) is 18.8 Å². The first-order valence-corrected chi connectivity index (χ1v) is 5.53. The van der Waals surface area contributed by atoms with Gasteiger partial charge < -0.3 is 4.74 Å². The van der Waals surface area contributed by atoms with Crippen molar-refractivity contribution < 1.29 is 9.66 Å². The van der Waals surface area contributed by atoms with Crippen LogP contribution in [0.1, 0.15) is 5.69 Å². The highest BCUT2D eigenvalue weighted by Crippen LogP contribution is 2.25. The second-order valence-electron chi connectivity index (χ2n) is 3.64. The van der Waals surface area contributed by atoms with E-state index < -0.39 is 4.92 Å². The van der Waals surface area contributed by atoms with Crippen LogP contribution in [-0.2, 0) is 6.42 Å². The Morgan fingerprint density at radius 3 is 2.67 bits per heavy atom. The smallest absolute Gasteiger partial charge is 0.310 e. The Hall–Kier alpha value is -2.43. The summed E-state index contributed by atoms with van der Waals surface area (Å²) < 4.78 is 5.42. The van der Waals surface area contributed by atoms with Gasteiger partial charge in [-0.1, -0.05) is 18.2 Å². The van der Waals surface area contributed by atoms with Crippen molar-refractivity contribution in [2.24, 2.45) is 0 Å². The first-order chi connectivity index (χ1) is 8.77. The van der Waals surface area contributed by atoms with Gasteiger partial charge in [0.15, 0.2) is 5.75 Å². The third kappa shape index (κ3) is 3.04. The lowest BCUT2D eigenvalue weighted by atomic mass is 10.3. The lowest BCUT2D eigenvalue weighted by molar-refractivity contribution is -0.385. The number of pyridine rings is 1. The Balaban J connectivity index is 1.97. The van der Waals surface area contributed by atoms with Crippen molar-refractivity contribution in [1.29, 1.82) is 0 Å². The van der Waals surface area contributed by atoms with Gasteiger partial charge in [-0.05, 0) is 18.2 Å². The summed E-state index contributed by atoms with van der Waals surface area (Å²) in [7, 11) is 0. The molecular weight excluding hydrogens is 232 g/mol. The van der Waals surface area contributed by atoms with Crippen LogP contribution in [0.2, 0.25) is 0 Å². The molecule has 0 aliphatic rings. The molecule has 0 saturated heterocycles. The highest BCUT2D eigenvalue weighted by molar-refractivity contribution is 5.45. The maximum Gasteiger partial charge on any atom is 0.310 e. The third-order valence-corrected chi connectivity index (χ3v) is 2.40. The van der Waals surface area contributed by atoms with E-state index >= 15 is 0 Å². The number of hydrogen-bond acceptors (Lipinski definition) is 4. The summed E-state index contributed by atoms with van der Waals surface area (Å²) in [6.45, 7) is 0.363. The predicted molar refractivity (Wildman–Crippen MR) is 66.5 cm³/mol. The molecule has 0 N–H and O–H groups in total. The molecule has 1 heterocycles. The molecule has 0 saturated carbocycles. The number of nitro benzene ring substituents is 1. The molecule has 0 amide bonds. The average Bonchev–Trinajstić information content (AvgIpc) is 2.40. The van der Waals surface area contributed by atoms with Gasteiger partial charge >= 0.3 is 5.69 Å². The minimum Gasteiger partial charge on any atom is -0.486 e. The van der Waals surface area contributed by atoms with Crippen molar-refractivity contribution in [3.63, 3.8) is 0 Å². The molecule has 18 heavy (non-hydrogen) atoms. The van der Waals surface area contributed by atoms with E-state index in [9.17, 15) is 10.1 Å². The highest BCUT2D eigenvalue weighted by atomic mass is 16.6. The topological polar surface area (TPSA) is 65.3 Å². The van der Waals surface area contributed by atoms with E-state index in [1.165, 1.54) is 6.07 Å². The Kier molecular flexibility index (Phi) is 3.86. The van der Waals surface area contributed by atoms with Crippen LogP contribution in [0.25, 0.3) is 0 Å². The quantitative estimate of drug-likeness (QED) is 0.599. The molecular formula is C13H12N2O3. The number of nitro groups is 1. The largest absolute Gasteiger partial charge is 0.486 e. The molecule has 2 aromatic rings. The van der Waals surface area contributed by atoms with Crippen molar-refractivity contribution in [3.8, 4) is 5.75 Å². The molecule has 0 fully saturated rings. The van der Waals surface area contributed by atoms with E-state index in [1.54, 1.807) is 24.4 Å². The van der Waals surface area contributed by atoms with E-state index in [-0.39, 0.29) is 5.69 Å². The van der Waals surface area contributed by atoms with Crippen LogP contribution in [-0.4, -0.2) is 16.5 Å². The van der Waals surface area contributed by atoms with Gasteiger partial charge in [-0.15, -0.1) is 0 Å². The lowest BCUT2D eigenvalue weighted by Crippen LogP contribution is -2.04. The summed E-state index contributed by atoms with van der Waals surface area (Å²) >= 11 is 0. The summed E-state index contributed by atoms with van der Waals surface area (Å²) in [5.74, 6) is 0.290. The first-order valence-electron chi connectivity index (χ1n) is 5.53. The number of para-hydroxylation sites is 2. The Morgan fingerprint density at radius 1 is 1.17 bits per heavy atom. The van der Waals surface area contributed by atoms with Gasteiger partial charge in [0.05, 0.1) is 11.5 Å². The summed E-state index contributed by atoms with van der Waals surface area (Å²) in [4.78, 5) is 14.5. The predicted octanol–water partition coefficient (Wildman–Crippen LogP) is 2.61. The molecule has 5 heteroatoms. The zero-order valence-corrected chi connectivity index (χ0v) is 9.65. The van der Waals surface area contributed by atoms with Crippen LogP contribution in [0.4, 0.5) is 5.69 Å². The van der Waals surface area contributed by atoms with E-state index in [0.717, 1.165) is 5.69 Å². The molecule has 5 nitrogen and oxygen atoms in total. The number of aromatic nitrogens is 1. The van der Waals surface area contributed by atoms with Gasteiger partial charge in [0.1, 0.15) is 0 Å². The molecule has 0 aliphatic carbocycles. The molecule has 92 valence electrons. The van der Waals surface area contributed by atoms with Gasteiger partial charge in [-0.2, -0.15) is 0 Å². The Labute approximate surface area is 104 Å². The van der Waals surface area contributed by atoms with Gasteiger partial charge in [-0.3, -0.25) is 15.1 Å². The molecule has 2 rings (SSSR count). The van der Waals surface area contributed by atoms with Crippen LogP contribution in [0.15, 0.2) is 48.7 Å². The van der Waals surface area contributed by atoms with Crippen LogP contribution in [0.3, 0.4) is 0 Å². The summed E-state index contributed by atoms with van der Waals surface area (Å²) in [5, 5.41) is 10.8. The molecule has 0 unspecified atom stereocenters. The first kappa shape index (κ1) is 12.0. The minimum atomic E-state index is -0.448. The maximum absolute atomic E-state index is 10.8. The van der Waals surface area contributed by atoms with E-state index in [2.05, 4.69) is 4.98 Å². The molecule has 0 bridgehead atoms. The lowest BCUT2D eigenvalue weighted by Gasteiger charge is -2.05. The zero-order chi connectivity index (χ0) is 12.8. The van der Waals surface area contributed by atoms with Gasteiger partial charge in [0, 0.05) is 24.4 Å². The minimum absolute atomic E-state index is 0.0153. The molecule has 0 aliphatic heterocycles. The normalized spacial score (nSPS) is 10.0. The fraction of sp³-hybridized carbons (Fsp3) is 0.154. The molecule has 0 radical (unpaired) electrons. The third-order valence-electron chi connectivity index (χ3n) is 2.40. The fourth-order valence-electron chi connectivity index (χ4n) is 1.54. The van der Waals surface area contributed by atoms with Gasteiger partial charge in [-0.25, -0.2) is 0 Å². The van der Waals surface area contributed by atoms with E-state index in [4.69, 9.17) is 4.74 Å². The number of nitrogens with zero attached hydrogens (tertiary/aromatic N) is 2. The van der Waals surface area contributed by atoms with Gasteiger partial charge in [0.2, 0.25) is 0 Å². The van der Waals surface area contributed by atoms with Crippen molar-refractivity contribution >= 4 is 5.69 Å². The fourth-order valence-corrected chi connectivity index (χ4v) is 1.54. The van der Waals surface area contributed by atoms with Crippen LogP contribution in [0, 0.1) is 10.1 Å². The molecule has 0 spiro atoms. The number of benzene rings is 1. The second-order valence-corrected chi connectivity index (χ2v) is 3.64. The van der Waals surface area contributed by atoms with Crippen LogP contribution in [0.5, 0.6) is 5.75 Å². The van der Waals surface area contributed by atoms with Gasteiger partial charge in [0.25, 0.3) is 0 Å². The van der Waals surface area contributed by atoms with E-state index in [1.807, 2.05) is 18.2 Å². The number of hydrogen-bond donors (Lipinski definition) is 0. The van der Waals surface area contributed by atoms with Crippen molar-refractivity contribution in [1.82, 2.24) is 4.98 Å². The van der Waals surface area contributed by atoms with Crippen molar-refractivity contribution in [3.05, 3.63) is 64.5 Å². The monoisotopic (exact) mass is 244 g/mol. The van der Waals surface area contributed by atoms with Crippen LogP contribution < -0.4 is 4.74 Å². The van der Waals surface area contributed by atoms with Crippen molar-refractivity contribution in [2.75, 3.05) is 6.61 Å². The Bertz CT molecular complexity index is 529. The highest BCUT2D eigenvalue weighted by Gasteiger charge is 2.13. The molecule has 1 aromatic carbocycles. The van der Waals surface area contributed by atoms with Crippen LogP contribution >= 0.6 is 0 Å². The standard InChI is InChI=1S/C13H12N2O3/c16-15(17)12-6-1-2-7-13(12)18-10-8-11-5-3-4-9-14-11/h1-7,9H,8,10H2. The molecule has 1 aromatic heterocycles. The molecule has 0 atom stereocenters. The summed E-state index contributed by atoms with van der Waals surface area (Å²) in [5.41, 5.74) is 0.884. The number of rotatable bonds is 5. The maximum atomic E-state index is 10.8. The van der Waals surface area contributed by atoms with Crippen molar-refractivity contribution in [2.45, 2.75) is 6.42 Å². The summed E-state index contributed by atoms with van der Waals surface area (Å²) in [6, 6.07) is 12.0. The average molecular weight is 244 g/mol. The summed E-state index contributed by atoms with van der Waals surface area (Å²) in [6.07, 6.45) is 2.33. The Morgan fingerprint density at radius 2 is 1.94 bits per heavy atom. The number of ether oxygens (including phenoxy) is 1. The SMILES string of the molecule is O=[N+]([O-])c1ccccc1OCCc1ccccn1. The second kappa shape index (κ2) is 5.77. The zero-order valence-electron chi connectivity index (χ0n) is 9.65.